The number of carbonyl (C=O) groups is 2. The van der Waals surface area contributed by atoms with E-state index in [1.54, 1.807) is 36.2 Å². The van der Waals surface area contributed by atoms with Crippen molar-refractivity contribution in [2.45, 2.75) is 44.3 Å². The van der Waals surface area contributed by atoms with Crippen LogP contribution in [0.2, 0.25) is 0 Å². The molecule has 182 valence electrons. The molecule has 10 heteroatoms. The number of aromatic amines is 1. The summed E-state index contributed by atoms with van der Waals surface area (Å²) in [6.45, 7) is 3.63. The van der Waals surface area contributed by atoms with Crippen molar-refractivity contribution < 1.29 is 28.9 Å². The van der Waals surface area contributed by atoms with Crippen LogP contribution in [-0.4, -0.2) is 43.0 Å². The van der Waals surface area contributed by atoms with Crippen LogP contribution in [0.1, 0.15) is 45.8 Å². The Hall–Kier alpha value is -3.73. The van der Waals surface area contributed by atoms with Gasteiger partial charge in [0.15, 0.2) is 23.3 Å². The number of ketones is 2. The first-order chi connectivity index (χ1) is 16.5. The van der Waals surface area contributed by atoms with E-state index in [4.69, 9.17) is 4.74 Å². The van der Waals surface area contributed by atoms with Gasteiger partial charge in [0.25, 0.3) is 5.56 Å². The van der Waals surface area contributed by atoms with Crippen LogP contribution in [-0.2, 0) is 9.53 Å². The number of nitrogens with zero attached hydrogens (tertiary/aromatic N) is 1. The van der Waals surface area contributed by atoms with Crippen LogP contribution in [0.3, 0.4) is 0 Å². The highest BCUT2D eigenvalue weighted by Crippen LogP contribution is 2.40. The lowest BCUT2D eigenvalue weighted by Crippen LogP contribution is -2.51. The van der Waals surface area contributed by atoms with Crippen molar-refractivity contribution in [3.05, 3.63) is 104 Å². The lowest BCUT2D eigenvalue weighted by Gasteiger charge is -2.27. The summed E-state index contributed by atoms with van der Waals surface area (Å²) in [6, 6.07) is 12.6. The number of H-pyrrole nitrogens is 1. The normalized spacial score (nSPS) is 22.7. The second-order valence-corrected chi connectivity index (χ2v) is 8.65. The summed E-state index contributed by atoms with van der Waals surface area (Å²) < 4.78 is 20.2. The van der Waals surface area contributed by atoms with Crippen LogP contribution >= 0.6 is 0 Å². The highest BCUT2D eigenvalue weighted by Gasteiger charge is 2.57. The number of aliphatic hydroxyl groups is 2. The Kier molecular flexibility index (Phi) is 6.37. The molecule has 4 rings (SSSR count). The molecule has 1 aliphatic heterocycles. The molecular formula is C25H23FN2O7. The Labute approximate surface area is 198 Å². The van der Waals surface area contributed by atoms with Crippen LogP contribution in [0.15, 0.2) is 64.3 Å². The fourth-order valence-corrected chi connectivity index (χ4v) is 4.06. The summed E-state index contributed by atoms with van der Waals surface area (Å²) in [5, 5.41) is 22.2. The molecule has 1 fully saturated rings. The summed E-state index contributed by atoms with van der Waals surface area (Å²) >= 11 is 0. The SMILES string of the molecule is Cc1ccc(C(=O)[C@]2(O)C[C@H](n3cc(F)c(=O)[nH]c3=O)O[C@@H]2C(=O)C(O)c2ccc(C)cc2)cc1. The lowest BCUT2D eigenvalue weighted by atomic mass is 9.82. The van der Waals surface area contributed by atoms with Gasteiger partial charge in [-0.05, 0) is 19.4 Å². The van der Waals surface area contributed by atoms with Crippen molar-refractivity contribution in [1.29, 1.82) is 0 Å². The van der Waals surface area contributed by atoms with Gasteiger partial charge >= 0.3 is 5.69 Å². The van der Waals surface area contributed by atoms with Crippen LogP contribution in [0.5, 0.6) is 0 Å². The van der Waals surface area contributed by atoms with Crippen molar-refractivity contribution in [1.82, 2.24) is 9.55 Å². The average molecular weight is 482 g/mol. The Morgan fingerprint density at radius 1 is 1.09 bits per heavy atom. The topological polar surface area (TPSA) is 139 Å². The molecule has 3 aromatic rings. The first-order valence-corrected chi connectivity index (χ1v) is 10.8. The van der Waals surface area contributed by atoms with E-state index in [0.717, 1.165) is 11.1 Å². The number of halogens is 1. The van der Waals surface area contributed by atoms with E-state index in [9.17, 15) is 33.8 Å². The van der Waals surface area contributed by atoms with E-state index in [2.05, 4.69) is 0 Å². The maximum Gasteiger partial charge on any atom is 0.330 e. The molecule has 1 aliphatic rings. The quantitative estimate of drug-likeness (QED) is 0.453. The van der Waals surface area contributed by atoms with Gasteiger partial charge in [-0.2, -0.15) is 4.39 Å². The van der Waals surface area contributed by atoms with Crippen molar-refractivity contribution >= 4 is 11.6 Å². The zero-order chi connectivity index (χ0) is 25.5. The number of rotatable bonds is 6. The number of Topliss-reactive ketones (excluding diaryl/α,β-unsaturated/α-hetero) is 2. The fourth-order valence-electron chi connectivity index (χ4n) is 4.06. The summed E-state index contributed by atoms with van der Waals surface area (Å²) in [5.41, 5.74) is -2.77. The molecule has 0 radical (unpaired) electrons. The third-order valence-electron chi connectivity index (χ3n) is 6.08. The van der Waals surface area contributed by atoms with Gasteiger partial charge in [-0.15, -0.1) is 0 Å². The number of aryl methyl sites for hydroxylation is 2. The number of nitrogens with one attached hydrogen (secondary N) is 1. The predicted octanol–water partition coefficient (Wildman–Crippen LogP) is 1.50. The van der Waals surface area contributed by atoms with Crippen LogP contribution in [0, 0.1) is 19.7 Å². The number of aromatic nitrogens is 2. The third-order valence-corrected chi connectivity index (χ3v) is 6.08. The highest BCUT2D eigenvalue weighted by atomic mass is 19.1. The zero-order valence-electron chi connectivity index (χ0n) is 18.9. The average Bonchev–Trinajstić information content (AvgIpc) is 3.19. The van der Waals surface area contributed by atoms with Gasteiger partial charge in [-0.3, -0.25) is 23.9 Å². The van der Waals surface area contributed by atoms with Gasteiger partial charge in [0.2, 0.25) is 5.82 Å². The number of hydrogen-bond acceptors (Lipinski definition) is 7. The van der Waals surface area contributed by atoms with Gasteiger partial charge < -0.3 is 14.9 Å². The van der Waals surface area contributed by atoms with Gasteiger partial charge in [-0.25, -0.2) is 4.79 Å². The molecular weight excluding hydrogens is 459 g/mol. The molecule has 3 N–H and O–H groups in total. The van der Waals surface area contributed by atoms with Crippen molar-refractivity contribution in [2.75, 3.05) is 0 Å². The Morgan fingerprint density at radius 3 is 2.26 bits per heavy atom. The van der Waals surface area contributed by atoms with E-state index in [1.165, 1.54) is 24.3 Å². The Bertz CT molecular complexity index is 1400. The summed E-state index contributed by atoms with van der Waals surface area (Å²) in [4.78, 5) is 52.2. The van der Waals surface area contributed by atoms with Crippen LogP contribution < -0.4 is 11.2 Å². The van der Waals surface area contributed by atoms with E-state index in [0.29, 0.717) is 10.8 Å². The molecule has 0 bridgehead atoms. The molecule has 0 amide bonds. The monoisotopic (exact) mass is 482 g/mol. The first kappa shape index (κ1) is 24.4. The molecule has 1 unspecified atom stereocenters. The van der Waals surface area contributed by atoms with Gasteiger partial charge in [0.05, 0.1) is 6.20 Å². The number of hydrogen-bond donors (Lipinski definition) is 3. The van der Waals surface area contributed by atoms with Crippen LogP contribution in [0.4, 0.5) is 4.39 Å². The maximum absolute atomic E-state index is 13.9. The second-order valence-electron chi connectivity index (χ2n) is 8.65. The molecule has 4 atom stereocenters. The number of aliphatic hydroxyl groups excluding tert-OH is 1. The Morgan fingerprint density at radius 2 is 1.66 bits per heavy atom. The minimum absolute atomic E-state index is 0.0740. The first-order valence-electron chi connectivity index (χ1n) is 10.8. The fraction of sp³-hybridized carbons (Fsp3) is 0.280. The van der Waals surface area contributed by atoms with E-state index in [1.807, 2.05) is 6.92 Å². The molecule has 1 aromatic heterocycles. The molecule has 1 saturated heterocycles. The number of benzene rings is 2. The molecule has 35 heavy (non-hydrogen) atoms. The predicted molar refractivity (Wildman–Crippen MR) is 121 cm³/mol. The molecule has 0 aliphatic carbocycles. The smallest absolute Gasteiger partial charge is 0.330 e. The molecule has 0 saturated carbocycles. The molecule has 2 heterocycles. The van der Waals surface area contributed by atoms with E-state index in [-0.39, 0.29) is 11.1 Å². The standard InChI is InChI=1S/C25H23FN2O7/c1-13-3-7-15(8-4-13)19(29)20(30)22-25(34,21(31)16-9-5-14(2)6-10-16)11-18(35-22)28-12-17(26)23(32)27-24(28)33/h3-10,12,18-19,22,29,34H,11H2,1-2H3,(H,27,32,33)/t18-,19?,22-,25-/m1/s1. The third kappa shape index (κ3) is 4.51. The van der Waals surface area contributed by atoms with Gasteiger partial charge in [0.1, 0.15) is 12.3 Å². The highest BCUT2D eigenvalue weighted by molar-refractivity contribution is 6.07. The second kappa shape index (κ2) is 9.14. The van der Waals surface area contributed by atoms with Gasteiger partial charge in [-0.1, -0.05) is 59.7 Å². The Balaban J connectivity index is 1.76. The molecule has 9 nitrogen and oxygen atoms in total. The van der Waals surface area contributed by atoms with Crippen molar-refractivity contribution in [2.24, 2.45) is 0 Å². The minimum Gasteiger partial charge on any atom is -0.380 e. The van der Waals surface area contributed by atoms with Gasteiger partial charge in [0, 0.05) is 12.0 Å². The zero-order valence-corrected chi connectivity index (χ0v) is 18.9. The lowest BCUT2D eigenvalue weighted by molar-refractivity contribution is -0.147. The van der Waals surface area contributed by atoms with Crippen molar-refractivity contribution in [3.63, 3.8) is 0 Å². The van der Waals surface area contributed by atoms with E-state index < -0.39 is 59.1 Å². The maximum atomic E-state index is 13.9. The van der Waals surface area contributed by atoms with Crippen LogP contribution in [0.25, 0.3) is 0 Å². The van der Waals surface area contributed by atoms with E-state index >= 15 is 0 Å². The molecule has 0 spiro atoms. The minimum atomic E-state index is -2.49. The molecule has 2 aromatic carbocycles. The summed E-state index contributed by atoms with van der Waals surface area (Å²) in [7, 11) is 0. The summed E-state index contributed by atoms with van der Waals surface area (Å²) in [5.74, 6) is -3.18. The number of carbonyl (C=O) groups excluding carboxylic acids is 2. The largest absolute Gasteiger partial charge is 0.380 e. The summed E-state index contributed by atoms with van der Waals surface area (Å²) in [6.07, 6.45) is -5.15. The van der Waals surface area contributed by atoms with Crippen molar-refractivity contribution in [3.8, 4) is 0 Å². The number of ether oxygens (including phenoxy) is 1.